The van der Waals surface area contributed by atoms with Crippen molar-refractivity contribution in [3.05, 3.63) is 58.8 Å². The quantitative estimate of drug-likeness (QED) is 0.838. The van der Waals surface area contributed by atoms with Crippen molar-refractivity contribution in [3.63, 3.8) is 0 Å². The third-order valence-corrected chi connectivity index (χ3v) is 4.76. The number of amides is 1. The van der Waals surface area contributed by atoms with Crippen LogP contribution >= 0.6 is 15.9 Å². The lowest BCUT2D eigenvalue weighted by Crippen LogP contribution is -2.37. The van der Waals surface area contributed by atoms with Crippen LogP contribution in [0.2, 0.25) is 0 Å². The van der Waals surface area contributed by atoms with Crippen LogP contribution in [0.1, 0.15) is 0 Å². The van der Waals surface area contributed by atoms with Crippen molar-refractivity contribution in [2.75, 3.05) is 22.4 Å². The molecule has 8 heteroatoms. The van der Waals surface area contributed by atoms with Gasteiger partial charge in [0, 0.05) is 4.47 Å². The van der Waals surface area contributed by atoms with Crippen molar-refractivity contribution >= 4 is 43.2 Å². The van der Waals surface area contributed by atoms with Crippen LogP contribution in [-0.4, -0.2) is 27.1 Å². The van der Waals surface area contributed by atoms with Gasteiger partial charge in [0.15, 0.2) is 0 Å². The van der Waals surface area contributed by atoms with E-state index in [4.69, 9.17) is 0 Å². The first kappa shape index (κ1) is 17.4. The van der Waals surface area contributed by atoms with Crippen LogP contribution in [0.5, 0.6) is 0 Å². The first-order chi connectivity index (χ1) is 10.8. The van der Waals surface area contributed by atoms with Gasteiger partial charge in [-0.1, -0.05) is 18.2 Å². The molecule has 0 aliphatic carbocycles. The fourth-order valence-electron chi connectivity index (χ4n) is 1.91. The number of hydrogen-bond donors (Lipinski definition) is 1. The molecule has 0 aromatic heterocycles. The van der Waals surface area contributed by atoms with E-state index in [1.165, 1.54) is 18.2 Å². The number of nitrogens with zero attached hydrogens (tertiary/aromatic N) is 1. The number of nitrogens with one attached hydrogen (secondary N) is 1. The molecule has 0 bridgehead atoms. The van der Waals surface area contributed by atoms with E-state index in [0.29, 0.717) is 10.2 Å². The summed E-state index contributed by atoms with van der Waals surface area (Å²) in [5.41, 5.74) is 0.611. The Balaban J connectivity index is 2.22. The average Bonchev–Trinajstić information content (AvgIpc) is 2.46. The van der Waals surface area contributed by atoms with E-state index in [-0.39, 0.29) is 5.69 Å². The lowest BCUT2D eigenvalue weighted by atomic mass is 10.3. The number of hydrogen-bond acceptors (Lipinski definition) is 3. The van der Waals surface area contributed by atoms with Crippen LogP contribution in [0.25, 0.3) is 0 Å². The molecule has 5 nitrogen and oxygen atoms in total. The molecule has 0 unspecified atom stereocenters. The predicted octanol–water partition coefficient (Wildman–Crippen LogP) is 2.99. The molecule has 0 aliphatic heterocycles. The topological polar surface area (TPSA) is 66.5 Å². The Hall–Kier alpha value is -1.93. The third kappa shape index (κ3) is 4.77. The molecule has 0 saturated heterocycles. The lowest BCUT2D eigenvalue weighted by Gasteiger charge is -2.22. The van der Waals surface area contributed by atoms with E-state index >= 15 is 0 Å². The number of rotatable bonds is 5. The van der Waals surface area contributed by atoms with Crippen LogP contribution < -0.4 is 9.62 Å². The molecule has 0 spiro atoms. The molecular formula is C15H14BrFN2O3S. The summed E-state index contributed by atoms with van der Waals surface area (Å²) in [6.45, 7) is -0.455. The SMILES string of the molecule is CS(=O)(=O)N(CC(=O)Nc1ccccc1Br)c1cccc(F)c1. The molecule has 1 amide bonds. The summed E-state index contributed by atoms with van der Waals surface area (Å²) in [6.07, 6.45) is 0.962. The van der Waals surface area contributed by atoms with Crippen molar-refractivity contribution in [1.82, 2.24) is 0 Å². The van der Waals surface area contributed by atoms with Gasteiger partial charge in [-0.15, -0.1) is 0 Å². The summed E-state index contributed by atoms with van der Waals surface area (Å²) in [6, 6.07) is 12.0. The smallest absolute Gasteiger partial charge is 0.245 e. The van der Waals surface area contributed by atoms with Crippen molar-refractivity contribution in [2.45, 2.75) is 0 Å². The zero-order valence-corrected chi connectivity index (χ0v) is 14.6. The Morgan fingerprint density at radius 3 is 2.52 bits per heavy atom. The Labute approximate surface area is 142 Å². The van der Waals surface area contributed by atoms with Gasteiger partial charge in [0.05, 0.1) is 17.6 Å². The molecule has 0 aliphatic rings. The van der Waals surface area contributed by atoms with Gasteiger partial charge in [-0.05, 0) is 46.3 Å². The molecule has 2 aromatic rings. The number of anilines is 2. The maximum atomic E-state index is 13.3. The number of carbonyl (C=O) groups excluding carboxylic acids is 1. The Morgan fingerprint density at radius 1 is 1.22 bits per heavy atom. The predicted molar refractivity (Wildman–Crippen MR) is 91.4 cm³/mol. The molecule has 2 rings (SSSR count). The maximum Gasteiger partial charge on any atom is 0.245 e. The summed E-state index contributed by atoms with van der Waals surface area (Å²) in [5.74, 6) is -1.12. The second kappa shape index (κ2) is 7.10. The van der Waals surface area contributed by atoms with Gasteiger partial charge in [0.2, 0.25) is 15.9 Å². The molecule has 0 radical (unpaired) electrons. The summed E-state index contributed by atoms with van der Waals surface area (Å²) in [4.78, 5) is 12.1. The number of sulfonamides is 1. The Bertz CT molecular complexity index is 827. The van der Waals surface area contributed by atoms with E-state index in [9.17, 15) is 17.6 Å². The normalized spacial score (nSPS) is 11.1. The first-order valence-corrected chi connectivity index (χ1v) is 9.19. The minimum absolute atomic E-state index is 0.0924. The van der Waals surface area contributed by atoms with E-state index in [1.807, 2.05) is 0 Å². The van der Waals surface area contributed by atoms with E-state index < -0.39 is 28.3 Å². The summed E-state index contributed by atoms with van der Waals surface area (Å²) < 4.78 is 38.7. The van der Waals surface area contributed by atoms with E-state index in [1.54, 1.807) is 24.3 Å². The number of para-hydroxylation sites is 1. The molecule has 0 atom stereocenters. The van der Waals surface area contributed by atoms with Crippen LogP contribution in [0.15, 0.2) is 53.0 Å². The van der Waals surface area contributed by atoms with Crippen LogP contribution in [0.3, 0.4) is 0 Å². The summed E-state index contributed by atoms with van der Waals surface area (Å²) >= 11 is 3.29. The Kier molecular flexibility index (Phi) is 5.38. The summed E-state index contributed by atoms with van der Waals surface area (Å²) in [5, 5.41) is 2.61. The van der Waals surface area contributed by atoms with Crippen LogP contribution in [-0.2, 0) is 14.8 Å². The second-order valence-corrected chi connectivity index (χ2v) is 7.54. The molecule has 0 heterocycles. The van der Waals surface area contributed by atoms with Gasteiger partial charge in [-0.2, -0.15) is 0 Å². The van der Waals surface area contributed by atoms with Crippen LogP contribution in [0, 0.1) is 5.82 Å². The highest BCUT2D eigenvalue weighted by molar-refractivity contribution is 9.10. The molecule has 122 valence electrons. The largest absolute Gasteiger partial charge is 0.323 e. The standard InChI is InChI=1S/C15H14BrFN2O3S/c1-23(21,22)19(12-6-4-5-11(17)9-12)10-15(20)18-14-8-3-2-7-13(14)16/h2-9H,10H2,1H3,(H,18,20). The van der Waals surface area contributed by atoms with Crippen molar-refractivity contribution in [1.29, 1.82) is 0 Å². The average molecular weight is 401 g/mol. The zero-order chi connectivity index (χ0) is 17.0. The molecular weight excluding hydrogens is 387 g/mol. The van der Waals surface area contributed by atoms with E-state index in [2.05, 4.69) is 21.2 Å². The number of carbonyl (C=O) groups is 1. The highest BCUT2D eigenvalue weighted by Crippen LogP contribution is 2.22. The van der Waals surface area contributed by atoms with Crippen molar-refractivity contribution in [2.24, 2.45) is 0 Å². The summed E-state index contributed by atoms with van der Waals surface area (Å²) in [7, 11) is -3.74. The fourth-order valence-corrected chi connectivity index (χ4v) is 3.15. The lowest BCUT2D eigenvalue weighted by molar-refractivity contribution is -0.114. The van der Waals surface area contributed by atoms with Gasteiger partial charge in [-0.3, -0.25) is 9.10 Å². The highest BCUT2D eigenvalue weighted by Gasteiger charge is 2.21. The van der Waals surface area contributed by atoms with Gasteiger partial charge in [-0.25, -0.2) is 12.8 Å². The van der Waals surface area contributed by atoms with Gasteiger partial charge in [0.1, 0.15) is 12.4 Å². The minimum atomic E-state index is -3.74. The second-order valence-electron chi connectivity index (χ2n) is 4.78. The van der Waals surface area contributed by atoms with Gasteiger partial charge < -0.3 is 5.32 Å². The molecule has 23 heavy (non-hydrogen) atoms. The van der Waals surface area contributed by atoms with Crippen molar-refractivity contribution < 1.29 is 17.6 Å². The number of halogens is 2. The van der Waals surface area contributed by atoms with E-state index in [0.717, 1.165) is 16.6 Å². The van der Waals surface area contributed by atoms with Crippen LogP contribution in [0.4, 0.5) is 15.8 Å². The van der Waals surface area contributed by atoms with Gasteiger partial charge in [0.25, 0.3) is 0 Å². The maximum absolute atomic E-state index is 13.3. The minimum Gasteiger partial charge on any atom is -0.323 e. The monoisotopic (exact) mass is 400 g/mol. The molecule has 1 N–H and O–H groups in total. The van der Waals surface area contributed by atoms with Gasteiger partial charge >= 0.3 is 0 Å². The molecule has 2 aromatic carbocycles. The first-order valence-electron chi connectivity index (χ1n) is 6.55. The third-order valence-electron chi connectivity index (χ3n) is 2.93. The zero-order valence-electron chi connectivity index (χ0n) is 12.2. The fraction of sp³-hybridized carbons (Fsp3) is 0.133. The van der Waals surface area contributed by atoms with Crippen molar-refractivity contribution in [3.8, 4) is 0 Å². The molecule has 0 fully saturated rings. The Morgan fingerprint density at radius 2 is 1.91 bits per heavy atom. The number of benzene rings is 2. The molecule has 0 saturated carbocycles. The highest BCUT2D eigenvalue weighted by atomic mass is 79.9.